The van der Waals surface area contributed by atoms with Gasteiger partial charge in [-0.15, -0.1) is 0 Å². The van der Waals surface area contributed by atoms with Gasteiger partial charge in [0.1, 0.15) is 11.9 Å². The van der Waals surface area contributed by atoms with Gasteiger partial charge in [-0.2, -0.15) is 4.98 Å². The van der Waals surface area contributed by atoms with Crippen LogP contribution in [0.15, 0.2) is 12.3 Å². The topological polar surface area (TPSA) is 73.5 Å². The molecule has 0 bridgehead atoms. The number of rotatable bonds is 3. The summed E-state index contributed by atoms with van der Waals surface area (Å²) in [5.74, 6) is 0.922. The van der Waals surface area contributed by atoms with Crippen molar-refractivity contribution in [3.05, 3.63) is 12.3 Å². The molecule has 6 heteroatoms. The molecule has 110 valence electrons. The Balaban J connectivity index is 1.62. The van der Waals surface area contributed by atoms with Gasteiger partial charge in [0.2, 0.25) is 0 Å². The van der Waals surface area contributed by atoms with E-state index in [1.807, 2.05) is 6.07 Å². The van der Waals surface area contributed by atoms with E-state index in [0.717, 1.165) is 57.8 Å². The molecule has 2 heterocycles. The van der Waals surface area contributed by atoms with Gasteiger partial charge in [0.15, 0.2) is 0 Å². The summed E-state index contributed by atoms with van der Waals surface area (Å²) >= 11 is 0. The molecular formula is C14H22N4O2. The molecule has 20 heavy (non-hydrogen) atoms. The molecule has 2 fully saturated rings. The Bertz CT molecular complexity index is 429. The maximum atomic E-state index is 5.91. The molecule has 1 saturated heterocycles. The lowest BCUT2D eigenvalue weighted by Crippen LogP contribution is -2.37. The van der Waals surface area contributed by atoms with Crippen molar-refractivity contribution in [1.82, 2.24) is 9.97 Å². The van der Waals surface area contributed by atoms with Crippen LogP contribution in [-0.2, 0) is 4.74 Å². The second-order valence-corrected chi connectivity index (χ2v) is 5.45. The van der Waals surface area contributed by atoms with Crippen LogP contribution in [0, 0.1) is 0 Å². The van der Waals surface area contributed by atoms with Gasteiger partial charge in [-0.1, -0.05) is 0 Å². The summed E-state index contributed by atoms with van der Waals surface area (Å²) in [6.07, 6.45) is 6.00. The van der Waals surface area contributed by atoms with Crippen LogP contribution in [0.5, 0.6) is 6.01 Å². The molecule has 1 aromatic rings. The number of hydrogen-bond donors (Lipinski definition) is 1. The first-order valence-electron chi connectivity index (χ1n) is 7.39. The molecule has 0 amide bonds. The van der Waals surface area contributed by atoms with Gasteiger partial charge >= 0.3 is 6.01 Å². The van der Waals surface area contributed by atoms with E-state index < -0.39 is 0 Å². The van der Waals surface area contributed by atoms with Gasteiger partial charge in [-0.3, -0.25) is 0 Å². The summed E-state index contributed by atoms with van der Waals surface area (Å²) < 4.78 is 11.3. The summed E-state index contributed by atoms with van der Waals surface area (Å²) in [6.45, 7) is 3.24. The Morgan fingerprint density at radius 3 is 2.70 bits per heavy atom. The normalized spacial score (nSPS) is 27.4. The number of nitrogens with two attached hydrogens (primary N) is 1. The lowest BCUT2D eigenvalue weighted by atomic mass is 9.94. The van der Waals surface area contributed by atoms with E-state index >= 15 is 0 Å². The van der Waals surface area contributed by atoms with Crippen LogP contribution in [0.2, 0.25) is 0 Å². The number of nitrogens with zero attached hydrogens (tertiary/aromatic N) is 3. The third kappa shape index (κ3) is 3.37. The minimum Gasteiger partial charge on any atom is -0.460 e. The first-order valence-corrected chi connectivity index (χ1v) is 7.39. The van der Waals surface area contributed by atoms with Gasteiger partial charge in [-0.25, -0.2) is 4.98 Å². The van der Waals surface area contributed by atoms with Gasteiger partial charge in [0.05, 0.1) is 13.2 Å². The average molecular weight is 278 g/mol. The second-order valence-electron chi connectivity index (χ2n) is 5.45. The zero-order chi connectivity index (χ0) is 13.8. The summed E-state index contributed by atoms with van der Waals surface area (Å²) in [6, 6.07) is 2.74. The molecule has 0 unspecified atom stereocenters. The van der Waals surface area contributed by atoms with Crippen molar-refractivity contribution in [2.24, 2.45) is 5.73 Å². The first-order chi connectivity index (χ1) is 9.81. The summed E-state index contributed by atoms with van der Waals surface area (Å²) in [4.78, 5) is 10.9. The summed E-state index contributed by atoms with van der Waals surface area (Å²) in [7, 11) is 0. The third-order valence-corrected chi connectivity index (χ3v) is 3.94. The maximum Gasteiger partial charge on any atom is 0.318 e. The number of morpholine rings is 1. The molecular weight excluding hydrogens is 256 g/mol. The quantitative estimate of drug-likeness (QED) is 0.888. The van der Waals surface area contributed by atoms with E-state index in [4.69, 9.17) is 15.2 Å². The molecule has 0 atom stereocenters. The largest absolute Gasteiger partial charge is 0.460 e. The van der Waals surface area contributed by atoms with E-state index in [0.29, 0.717) is 12.1 Å². The molecule has 1 saturated carbocycles. The smallest absolute Gasteiger partial charge is 0.318 e. The van der Waals surface area contributed by atoms with Gasteiger partial charge in [-0.05, 0) is 31.7 Å². The average Bonchev–Trinajstić information content (AvgIpc) is 2.51. The fraction of sp³-hybridized carbons (Fsp3) is 0.714. The van der Waals surface area contributed by atoms with Crippen molar-refractivity contribution in [3.8, 4) is 6.01 Å². The summed E-state index contributed by atoms with van der Waals surface area (Å²) in [5.41, 5.74) is 5.91. The molecule has 1 aliphatic heterocycles. The lowest BCUT2D eigenvalue weighted by molar-refractivity contribution is 0.121. The third-order valence-electron chi connectivity index (χ3n) is 3.94. The predicted molar refractivity (Wildman–Crippen MR) is 75.9 cm³/mol. The van der Waals surface area contributed by atoms with Gasteiger partial charge in [0.25, 0.3) is 0 Å². The molecule has 2 N–H and O–H groups in total. The first kappa shape index (κ1) is 13.6. The molecule has 0 radical (unpaired) electrons. The molecule has 1 aromatic heterocycles. The van der Waals surface area contributed by atoms with E-state index in [1.54, 1.807) is 6.20 Å². The number of anilines is 1. The molecule has 1 aliphatic carbocycles. The Morgan fingerprint density at radius 2 is 1.95 bits per heavy atom. The standard InChI is InChI=1S/C14H22N4O2/c15-11-1-3-12(4-2-11)20-14-16-6-5-13(17-14)18-7-9-19-10-8-18/h5-6,11-12H,1-4,7-10,15H2/t11-,12-. The van der Waals surface area contributed by atoms with E-state index in [-0.39, 0.29) is 6.10 Å². The minimum absolute atomic E-state index is 0.203. The molecule has 0 spiro atoms. The fourth-order valence-corrected chi connectivity index (χ4v) is 2.71. The second kappa shape index (κ2) is 6.37. The molecule has 3 rings (SSSR count). The Kier molecular flexibility index (Phi) is 4.32. The van der Waals surface area contributed by atoms with Crippen molar-refractivity contribution in [2.45, 2.75) is 37.8 Å². The van der Waals surface area contributed by atoms with E-state index in [1.165, 1.54) is 0 Å². The summed E-state index contributed by atoms with van der Waals surface area (Å²) in [5, 5.41) is 0. The highest BCUT2D eigenvalue weighted by Gasteiger charge is 2.21. The zero-order valence-electron chi connectivity index (χ0n) is 11.7. The number of aromatic nitrogens is 2. The van der Waals surface area contributed by atoms with Crippen molar-refractivity contribution in [2.75, 3.05) is 31.2 Å². The fourth-order valence-electron chi connectivity index (χ4n) is 2.71. The maximum absolute atomic E-state index is 5.91. The van der Waals surface area contributed by atoms with Crippen molar-refractivity contribution < 1.29 is 9.47 Å². The Morgan fingerprint density at radius 1 is 1.20 bits per heavy atom. The van der Waals surface area contributed by atoms with Crippen LogP contribution in [0.1, 0.15) is 25.7 Å². The van der Waals surface area contributed by atoms with Crippen LogP contribution < -0.4 is 15.4 Å². The van der Waals surface area contributed by atoms with Crippen LogP contribution in [0.3, 0.4) is 0 Å². The number of ether oxygens (including phenoxy) is 2. The van der Waals surface area contributed by atoms with Crippen LogP contribution in [0.4, 0.5) is 5.82 Å². The highest BCUT2D eigenvalue weighted by atomic mass is 16.5. The van der Waals surface area contributed by atoms with Crippen molar-refractivity contribution >= 4 is 5.82 Å². The highest BCUT2D eigenvalue weighted by Crippen LogP contribution is 2.22. The van der Waals surface area contributed by atoms with E-state index in [2.05, 4.69) is 14.9 Å². The van der Waals surface area contributed by atoms with Crippen molar-refractivity contribution in [1.29, 1.82) is 0 Å². The SMILES string of the molecule is N[C@H]1CC[C@H](Oc2nccc(N3CCOCC3)n2)CC1. The van der Waals surface area contributed by atoms with Crippen molar-refractivity contribution in [3.63, 3.8) is 0 Å². The van der Waals surface area contributed by atoms with Crippen LogP contribution in [-0.4, -0.2) is 48.4 Å². The van der Waals surface area contributed by atoms with Gasteiger partial charge in [0, 0.05) is 25.3 Å². The number of hydrogen-bond acceptors (Lipinski definition) is 6. The Labute approximate surface area is 119 Å². The monoisotopic (exact) mass is 278 g/mol. The minimum atomic E-state index is 0.203. The predicted octanol–water partition coefficient (Wildman–Crippen LogP) is 0.962. The van der Waals surface area contributed by atoms with Gasteiger partial charge < -0.3 is 20.1 Å². The zero-order valence-corrected chi connectivity index (χ0v) is 11.7. The van der Waals surface area contributed by atoms with Crippen LogP contribution >= 0.6 is 0 Å². The Hall–Kier alpha value is -1.40. The molecule has 6 nitrogen and oxygen atoms in total. The molecule has 0 aromatic carbocycles. The highest BCUT2D eigenvalue weighted by molar-refractivity contribution is 5.38. The molecule has 2 aliphatic rings. The van der Waals surface area contributed by atoms with Crippen LogP contribution in [0.25, 0.3) is 0 Å². The lowest BCUT2D eigenvalue weighted by Gasteiger charge is -2.28. The van der Waals surface area contributed by atoms with E-state index in [9.17, 15) is 0 Å².